The summed E-state index contributed by atoms with van der Waals surface area (Å²) in [6, 6.07) is 4.59. The molecule has 1 aliphatic carbocycles. The summed E-state index contributed by atoms with van der Waals surface area (Å²) in [7, 11) is 0. The van der Waals surface area contributed by atoms with Gasteiger partial charge in [0, 0.05) is 17.7 Å². The second-order valence-electron chi connectivity index (χ2n) is 6.45. The summed E-state index contributed by atoms with van der Waals surface area (Å²) in [6.45, 7) is 2.27. The van der Waals surface area contributed by atoms with Gasteiger partial charge in [-0.1, -0.05) is 18.9 Å². The predicted molar refractivity (Wildman–Crippen MR) is 79.8 cm³/mol. The highest BCUT2D eigenvalue weighted by Gasteiger charge is 2.42. The minimum absolute atomic E-state index is 0.123. The zero-order valence-corrected chi connectivity index (χ0v) is 12.6. The molecule has 1 spiro atoms. The average molecular weight is 293 g/mol. The van der Waals surface area contributed by atoms with E-state index in [0.29, 0.717) is 17.9 Å². The fourth-order valence-corrected chi connectivity index (χ4v) is 3.56. The first-order valence-electron chi connectivity index (χ1n) is 7.94. The molecule has 0 radical (unpaired) electrons. The van der Waals surface area contributed by atoms with Crippen LogP contribution >= 0.6 is 0 Å². The fourth-order valence-electron chi connectivity index (χ4n) is 3.56. The van der Waals surface area contributed by atoms with Crippen molar-refractivity contribution in [3.63, 3.8) is 0 Å². The lowest BCUT2D eigenvalue weighted by molar-refractivity contribution is -0.0509. The van der Waals surface area contributed by atoms with E-state index in [4.69, 9.17) is 15.2 Å². The fraction of sp³-hybridized carbons (Fsp3) is 0.647. The van der Waals surface area contributed by atoms with Gasteiger partial charge >= 0.3 is 0 Å². The Morgan fingerprint density at radius 3 is 2.81 bits per heavy atom. The number of benzene rings is 1. The highest BCUT2D eigenvalue weighted by Crippen LogP contribution is 2.43. The Labute approximate surface area is 125 Å². The first-order valence-corrected chi connectivity index (χ1v) is 7.94. The summed E-state index contributed by atoms with van der Waals surface area (Å²) < 4.78 is 25.7. The average Bonchev–Trinajstić information content (AvgIpc) is 3.07. The molecule has 2 aliphatic rings. The third-order valence-electron chi connectivity index (χ3n) is 4.75. The molecule has 2 fully saturated rings. The van der Waals surface area contributed by atoms with Crippen molar-refractivity contribution in [3.8, 4) is 5.75 Å². The van der Waals surface area contributed by atoms with Gasteiger partial charge in [-0.05, 0) is 38.7 Å². The molecule has 1 aliphatic heterocycles. The summed E-state index contributed by atoms with van der Waals surface area (Å²) in [5.41, 5.74) is 6.34. The summed E-state index contributed by atoms with van der Waals surface area (Å²) in [6.07, 6.45) is 7.23. The van der Waals surface area contributed by atoms with Crippen molar-refractivity contribution in [2.45, 2.75) is 63.2 Å². The predicted octanol–water partition coefficient (Wildman–Crippen LogP) is 3.72. The van der Waals surface area contributed by atoms with E-state index in [1.54, 1.807) is 19.1 Å². The molecule has 1 aromatic carbocycles. The van der Waals surface area contributed by atoms with Crippen LogP contribution in [0, 0.1) is 5.82 Å². The van der Waals surface area contributed by atoms with E-state index in [-0.39, 0.29) is 23.6 Å². The molecule has 1 aromatic rings. The maximum absolute atomic E-state index is 13.9. The molecule has 3 rings (SSSR count). The molecule has 21 heavy (non-hydrogen) atoms. The quantitative estimate of drug-likeness (QED) is 0.920. The van der Waals surface area contributed by atoms with Crippen LogP contribution in [0.25, 0.3) is 0 Å². The molecule has 0 aromatic heterocycles. The van der Waals surface area contributed by atoms with E-state index < -0.39 is 0 Å². The number of rotatable bonds is 4. The summed E-state index contributed by atoms with van der Waals surface area (Å²) in [5, 5.41) is 0. The van der Waals surface area contributed by atoms with Crippen molar-refractivity contribution in [1.29, 1.82) is 0 Å². The van der Waals surface area contributed by atoms with Crippen molar-refractivity contribution in [2.75, 3.05) is 6.61 Å². The lowest BCUT2D eigenvalue weighted by Gasteiger charge is -2.23. The SMILES string of the molecule is C[C@@H](N)c1ccc(OCC2CCC3(CCCC3)O2)cc1F. The maximum atomic E-state index is 13.9. The van der Waals surface area contributed by atoms with Gasteiger partial charge in [0.2, 0.25) is 0 Å². The van der Waals surface area contributed by atoms with Crippen LogP contribution in [0.2, 0.25) is 0 Å². The normalized spacial score (nSPS) is 25.4. The summed E-state index contributed by atoms with van der Waals surface area (Å²) in [5.74, 6) is 0.245. The van der Waals surface area contributed by atoms with Gasteiger partial charge in [0.25, 0.3) is 0 Å². The highest BCUT2D eigenvalue weighted by molar-refractivity contribution is 5.30. The smallest absolute Gasteiger partial charge is 0.131 e. The van der Waals surface area contributed by atoms with Gasteiger partial charge in [-0.25, -0.2) is 4.39 Å². The number of halogens is 1. The second-order valence-corrected chi connectivity index (χ2v) is 6.45. The van der Waals surface area contributed by atoms with E-state index >= 15 is 0 Å². The van der Waals surface area contributed by atoms with E-state index in [0.717, 1.165) is 12.8 Å². The summed E-state index contributed by atoms with van der Waals surface area (Å²) >= 11 is 0. The van der Waals surface area contributed by atoms with Gasteiger partial charge < -0.3 is 15.2 Å². The van der Waals surface area contributed by atoms with Gasteiger partial charge in [0.15, 0.2) is 0 Å². The molecule has 4 heteroatoms. The number of hydrogen-bond acceptors (Lipinski definition) is 3. The monoisotopic (exact) mass is 293 g/mol. The Kier molecular flexibility index (Phi) is 4.18. The Bertz CT molecular complexity index is 498. The first kappa shape index (κ1) is 14.8. The molecule has 1 unspecified atom stereocenters. The molecule has 2 atom stereocenters. The van der Waals surface area contributed by atoms with Gasteiger partial charge in [-0.15, -0.1) is 0 Å². The zero-order valence-electron chi connectivity index (χ0n) is 12.6. The van der Waals surface area contributed by atoms with Crippen molar-refractivity contribution in [3.05, 3.63) is 29.6 Å². The van der Waals surface area contributed by atoms with Gasteiger partial charge in [-0.2, -0.15) is 0 Å². The van der Waals surface area contributed by atoms with Crippen molar-refractivity contribution < 1.29 is 13.9 Å². The van der Waals surface area contributed by atoms with Crippen LogP contribution in [0.15, 0.2) is 18.2 Å². The van der Waals surface area contributed by atoms with Gasteiger partial charge in [-0.3, -0.25) is 0 Å². The molecule has 0 bridgehead atoms. The molecule has 1 saturated heterocycles. The van der Waals surface area contributed by atoms with Crippen LogP contribution < -0.4 is 10.5 Å². The number of nitrogens with two attached hydrogens (primary N) is 1. The second kappa shape index (κ2) is 5.93. The molecule has 116 valence electrons. The molecule has 1 saturated carbocycles. The minimum atomic E-state index is -0.306. The van der Waals surface area contributed by atoms with Gasteiger partial charge in [0.1, 0.15) is 18.2 Å². The third kappa shape index (κ3) is 3.22. The molecule has 3 nitrogen and oxygen atoms in total. The molecule has 2 N–H and O–H groups in total. The van der Waals surface area contributed by atoms with E-state index in [1.165, 1.54) is 31.7 Å². The lowest BCUT2D eigenvalue weighted by atomic mass is 9.98. The van der Waals surface area contributed by atoms with Crippen LogP contribution in [0.3, 0.4) is 0 Å². The van der Waals surface area contributed by atoms with Crippen LogP contribution in [-0.4, -0.2) is 18.3 Å². The highest BCUT2D eigenvalue weighted by atomic mass is 19.1. The first-order chi connectivity index (χ1) is 10.1. The van der Waals surface area contributed by atoms with E-state index in [2.05, 4.69) is 0 Å². The van der Waals surface area contributed by atoms with Crippen LogP contribution in [-0.2, 0) is 4.74 Å². The Hall–Kier alpha value is -1.13. The lowest BCUT2D eigenvalue weighted by Crippen LogP contribution is -2.27. The topological polar surface area (TPSA) is 44.5 Å². The Morgan fingerprint density at radius 2 is 2.14 bits per heavy atom. The van der Waals surface area contributed by atoms with Crippen molar-refractivity contribution in [1.82, 2.24) is 0 Å². The molecular weight excluding hydrogens is 269 g/mol. The van der Waals surface area contributed by atoms with Gasteiger partial charge in [0.05, 0.1) is 11.7 Å². The molecule has 0 amide bonds. The third-order valence-corrected chi connectivity index (χ3v) is 4.75. The van der Waals surface area contributed by atoms with Crippen LogP contribution in [0.5, 0.6) is 5.75 Å². The van der Waals surface area contributed by atoms with E-state index in [1.807, 2.05) is 0 Å². The summed E-state index contributed by atoms with van der Waals surface area (Å²) in [4.78, 5) is 0. The van der Waals surface area contributed by atoms with Crippen LogP contribution in [0.4, 0.5) is 4.39 Å². The van der Waals surface area contributed by atoms with E-state index in [9.17, 15) is 4.39 Å². The largest absolute Gasteiger partial charge is 0.491 e. The standard InChI is InChI=1S/C17H24FNO2/c1-12(19)15-5-4-13(10-16(15)18)20-11-14-6-9-17(21-14)7-2-3-8-17/h4-5,10,12,14H,2-3,6-9,11,19H2,1H3/t12-,14?/m1/s1. The van der Waals surface area contributed by atoms with Crippen molar-refractivity contribution >= 4 is 0 Å². The number of hydrogen-bond donors (Lipinski definition) is 1. The Morgan fingerprint density at radius 1 is 1.38 bits per heavy atom. The minimum Gasteiger partial charge on any atom is -0.491 e. The molecule has 1 heterocycles. The Balaban J connectivity index is 1.55. The maximum Gasteiger partial charge on any atom is 0.131 e. The molecular formula is C17H24FNO2. The zero-order chi connectivity index (χ0) is 14.9. The van der Waals surface area contributed by atoms with Crippen molar-refractivity contribution in [2.24, 2.45) is 5.73 Å². The van der Waals surface area contributed by atoms with Crippen LogP contribution in [0.1, 0.15) is 57.1 Å². The number of ether oxygens (including phenoxy) is 2.